The first kappa shape index (κ1) is 19.4. The predicted octanol–water partition coefficient (Wildman–Crippen LogP) is 2.49. The predicted molar refractivity (Wildman–Crippen MR) is 100 cm³/mol. The van der Waals surface area contributed by atoms with E-state index in [4.69, 9.17) is 9.47 Å². The highest BCUT2D eigenvalue weighted by Gasteiger charge is 2.17. The summed E-state index contributed by atoms with van der Waals surface area (Å²) in [7, 11) is 3.01. The normalized spacial score (nSPS) is 11.7. The van der Waals surface area contributed by atoms with Gasteiger partial charge in [0, 0.05) is 18.3 Å². The van der Waals surface area contributed by atoms with Crippen molar-refractivity contribution in [1.82, 2.24) is 15.1 Å². The Morgan fingerprint density at radius 1 is 1.21 bits per heavy atom. The third-order valence-corrected chi connectivity index (χ3v) is 4.17. The number of nitrogens with zero attached hydrogens (tertiary/aromatic N) is 2. The lowest BCUT2D eigenvalue weighted by Crippen LogP contribution is -2.29. The van der Waals surface area contributed by atoms with Crippen molar-refractivity contribution in [2.45, 2.75) is 6.10 Å². The molecule has 0 saturated heterocycles. The number of halogens is 1. The lowest BCUT2D eigenvalue weighted by molar-refractivity contribution is 0.0909. The van der Waals surface area contributed by atoms with Crippen molar-refractivity contribution in [3.63, 3.8) is 0 Å². The van der Waals surface area contributed by atoms with Gasteiger partial charge in [-0.15, -0.1) is 0 Å². The van der Waals surface area contributed by atoms with Gasteiger partial charge in [-0.25, -0.2) is 9.07 Å². The van der Waals surface area contributed by atoms with Crippen LogP contribution >= 0.6 is 0 Å². The number of hydrogen-bond acceptors (Lipinski definition) is 5. The molecule has 2 N–H and O–H groups in total. The van der Waals surface area contributed by atoms with Gasteiger partial charge in [-0.05, 0) is 36.4 Å². The molecule has 0 aliphatic heterocycles. The summed E-state index contributed by atoms with van der Waals surface area (Å²) in [5.74, 6) is 0.102. The minimum Gasteiger partial charge on any atom is -0.497 e. The molecule has 1 heterocycles. The molecule has 2 aromatic carbocycles. The number of aromatic nitrogens is 2. The van der Waals surface area contributed by atoms with Crippen molar-refractivity contribution in [3.05, 3.63) is 71.8 Å². The Hall–Kier alpha value is -3.39. The van der Waals surface area contributed by atoms with E-state index >= 15 is 0 Å². The fraction of sp³-hybridized carbons (Fsp3) is 0.200. The Morgan fingerprint density at radius 2 is 2.00 bits per heavy atom. The summed E-state index contributed by atoms with van der Waals surface area (Å²) < 4.78 is 25.5. The minimum absolute atomic E-state index is 0.0606. The van der Waals surface area contributed by atoms with Crippen molar-refractivity contribution in [3.8, 4) is 17.2 Å². The number of aliphatic hydroxyl groups excluding tert-OH is 1. The number of carbonyl (C=O) groups excluding carboxylic acids is 1. The monoisotopic (exact) mass is 385 g/mol. The largest absolute Gasteiger partial charge is 0.497 e. The first-order valence-corrected chi connectivity index (χ1v) is 8.52. The van der Waals surface area contributed by atoms with Crippen LogP contribution in [0.4, 0.5) is 4.39 Å². The summed E-state index contributed by atoms with van der Waals surface area (Å²) in [5.41, 5.74) is 0.829. The quantitative estimate of drug-likeness (QED) is 0.653. The Kier molecular flexibility index (Phi) is 5.90. The fourth-order valence-electron chi connectivity index (χ4n) is 2.71. The highest BCUT2D eigenvalue weighted by Crippen LogP contribution is 2.29. The van der Waals surface area contributed by atoms with Gasteiger partial charge in [0.15, 0.2) is 5.69 Å². The Morgan fingerprint density at radius 3 is 2.71 bits per heavy atom. The van der Waals surface area contributed by atoms with Gasteiger partial charge < -0.3 is 19.9 Å². The summed E-state index contributed by atoms with van der Waals surface area (Å²) in [6.07, 6.45) is 0.483. The number of amides is 1. The van der Waals surface area contributed by atoms with Crippen LogP contribution in [0.15, 0.2) is 54.7 Å². The molecule has 146 valence electrons. The van der Waals surface area contributed by atoms with Crippen LogP contribution in [-0.4, -0.2) is 41.6 Å². The van der Waals surface area contributed by atoms with E-state index < -0.39 is 17.8 Å². The van der Waals surface area contributed by atoms with Gasteiger partial charge in [-0.3, -0.25) is 4.79 Å². The molecule has 3 rings (SSSR count). The van der Waals surface area contributed by atoms with E-state index in [1.165, 1.54) is 37.2 Å². The maximum Gasteiger partial charge on any atom is 0.271 e. The molecule has 1 unspecified atom stereocenters. The Balaban J connectivity index is 1.69. The second kappa shape index (κ2) is 8.53. The third kappa shape index (κ3) is 4.12. The topological polar surface area (TPSA) is 85.6 Å². The maximum absolute atomic E-state index is 13.8. The number of nitrogens with one attached hydrogen (secondary N) is 1. The molecule has 1 aromatic heterocycles. The van der Waals surface area contributed by atoms with Crippen LogP contribution in [0.5, 0.6) is 11.5 Å². The molecule has 0 aliphatic carbocycles. The summed E-state index contributed by atoms with van der Waals surface area (Å²) >= 11 is 0. The summed E-state index contributed by atoms with van der Waals surface area (Å²) in [5, 5.41) is 17.1. The number of aliphatic hydroxyl groups is 1. The molecule has 8 heteroatoms. The van der Waals surface area contributed by atoms with Crippen LogP contribution < -0.4 is 14.8 Å². The van der Waals surface area contributed by atoms with E-state index in [-0.39, 0.29) is 17.9 Å². The first-order valence-electron chi connectivity index (χ1n) is 8.52. The van der Waals surface area contributed by atoms with Gasteiger partial charge in [0.2, 0.25) is 0 Å². The molecular formula is C20H20FN3O4. The second-order valence-electron chi connectivity index (χ2n) is 5.93. The molecule has 0 aliphatic rings. The average Bonchev–Trinajstić information content (AvgIpc) is 3.21. The molecule has 0 fully saturated rings. The Labute approximate surface area is 161 Å². The SMILES string of the molecule is COc1ccc(OC)c(C(O)CNC(=O)c2ccn(-c3ccccc3F)n2)c1. The molecule has 3 aromatic rings. The van der Waals surface area contributed by atoms with Crippen LogP contribution in [0.25, 0.3) is 5.69 Å². The van der Waals surface area contributed by atoms with Crippen molar-refractivity contribution >= 4 is 5.91 Å². The van der Waals surface area contributed by atoms with Crippen molar-refractivity contribution < 1.29 is 23.8 Å². The standard InChI is InChI=1S/C20H20FN3O4/c1-27-13-7-8-19(28-2)14(11-13)18(25)12-22-20(26)16-9-10-24(23-16)17-6-4-3-5-15(17)21/h3-11,18,25H,12H2,1-2H3,(H,22,26). The summed E-state index contributed by atoms with van der Waals surface area (Å²) in [6.45, 7) is -0.0606. The maximum atomic E-state index is 13.8. The van der Waals surface area contributed by atoms with Gasteiger partial charge in [0.05, 0.1) is 14.2 Å². The number of carbonyl (C=O) groups is 1. The second-order valence-corrected chi connectivity index (χ2v) is 5.93. The van der Waals surface area contributed by atoms with Crippen LogP contribution in [0.1, 0.15) is 22.2 Å². The van der Waals surface area contributed by atoms with Gasteiger partial charge in [0.25, 0.3) is 5.91 Å². The number of benzene rings is 2. The van der Waals surface area contributed by atoms with E-state index in [0.29, 0.717) is 17.1 Å². The molecule has 0 bridgehead atoms. The lowest BCUT2D eigenvalue weighted by Gasteiger charge is -2.16. The molecule has 7 nitrogen and oxygen atoms in total. The van der Waals surface area contributed by atoms with Gasteiger partial charge in [-0.2, -0.15) is 5.10 Å². The Bertz CT molecular complexity index is 974. The molecule has 1 amide bonds. The highest BCUT2D eigenvalue weighted by atomic mass is 19.1. The molecule has 1 atom stereocenters. The summed E-state index contributed by atoms with van der Waals surface area (Å²) in [6, 6.07) is 12.6. The third-order valence-electron chi connectivity index (χ3n) is 4.17. The number of ether oxygens (including phenoxy) is 2. The van der Waals surface area contributed by atoms with Gasteiger partial charge >= 0.3 is 0 Å². The zero-order valence-corrected chi connectivity index (χ0v) is 15.4. The van der Waals surface area contributed by atoms with E-state index in [9.17, 15) is 14.3 Å². The molecule has 0 saturated carbocycles. The van der Waals surface area contributed by atoms with Crippen molar-refractivity contribution in [2.24, 2.45) is 0 Å². The van der Waals surface area contributed by atoms with Crippen molar-refractivity contribution in [2.75, 3.05) is 20.8 Å². The number of para-hydroxylation sites is 1. The van der Waals surface area contributed by atoms with Crippen molar-refractivity contribution in [1.29, 1.82) is 0 Å². The number of methoxy groups -OCH3 is 2. The van der Waals surface area contributed by atoms with Crippen LogP contribution in [0.3, 0.4) is 0 Å². The van der Waals surface area contributed by atoms with E-state index in [0.717, 1.165) is 0 Å². The minimum atomic E-state index is -1.01. The van der Waals surface area contributed by atoms with E-state index in [1.54, 1.807) is 36.4 Å². The fourth-order valence-corrected chi connectivity index (χ4v) is 2.71. The van der Waals surface area contributed by atoms with Gasteiger partial charge in [-0.1, -0.05) is 12.1 Å². The number of rotatable bonds is 7. The first-order chi connectivity index (χ1) is 13.5. The number of hydrogen-bond donors (Lipinski definition) is 2. The van der Waals surface area contributed by atoms with E-state index in [2.05, 4.69) is 10.4 Å². The van der Waals surface area contributed by atoms with Crippen LogP contribution in [0, 0.1) is 5.82 Å². The zero-order valence-electron chi connectivity index (χ0n) is 15.4. The van der Waals surface area contributed by atoms with E-state index in [1.807, 2.05) is 0 Å². The molecule has 0 spiro atoms. The summed E-state index contributed by atoms with van der Waals surface area (Å²) in [4.78, 5) is 12.3. The average molecular weight is 385 g/mol. The van der Waals surface area contributed by atoms with Crippen LogP contribution in [0.2, 0.25) is 0 Å². The van der Waals surface area contributed by atoms with Gasteiger partial charge in [0.1, 0.15) is 29.1 Å². The lowest BCUT2D eigenvalue weighted by atomic mass is 10.1. The highest BCUT2D eigenvalue weighted by molar-refractivity contribution is 5.92. The van der Waals surface area contributed by atoms with Crippen LogP contribution in [-0.2, 0) is 0 Å². The zero-order chi connectivity index (χ0) is 20.1. The smallest absolute Gasteiger partial charge is 0.271 e. The molecule has 0 radical (unpaired) electrons. The molecular weight excluding hydrogens is 365 g/mol. The molecule has 28 heavy (non-hydrogen) atoms.